The van der Waals surface area contributed by atoms with Gasteiger partial charge in [-0.1, -0.05) is 24.0 Å². The summed E-state index contributed by atoms with van der Waals surface area (Å²) in [7, 11) is 0. The highest BCUT2D eigenvalue weighted by molar-refractivity contribution is 8.23. The zero-order valence-corrected chi connectivity index (χ0v) is 8.77. The van der Waals surface area contributed by atoms with Crippen molar-refractivity contribution in [3.63, 3.8) is 0 Å². The Bertz CT molecular complexity index is 329. The van der Waals surface area contributed by atoms with Crippen molar-refractivity contribution >= 4 is 40.0 Å². The predicted molar refractivity (Wildman–Crippen MR) is 60.6 cm³/mol. The van der Waals surface area contributed by atoms with Crippen LogP contribution in [0.1, 0.15) is 0 Å². The van der Waals surface area contributed by atoms with Crippen molar-refractivity contribution in [1.82, 2.24) is 4.98 Å². The van der Waals surface area contributed by atoms with Crippen molar-refractivity contribution in [2.75, 3.05) is 11.1 Å². The molecule has 0 fully saturated rings. The molecule has 0 bridgehead atoms. The van der Waals surface area contributed by atoms with Gasteiger partial charge in [0, 0.05) is 6.20 Å². The molecule has 74 valence electrons. The second-order valence-electron chi connectivity index (χ2n) is 2.34. The summed E-state index contributed by atoms with van der Waals surface area (Å²) in [5, 5.41) is 11.3. The average Bonchev–Trinajstić information content (AvgIpc) is 2.16. The van der Waals surface area contributed by atoms with Crippen molar-refractivity contribution in [2.45, 2.75) is 0 Å². The zero-order chi connectivity index (χ0) is 10.4. The number of aromatic nitrogens is 1. The van der Waals surface area contributed by atoms with Gasteiger partial charge < -0.3 is 10.4 Å². The molecule has 0 atom stereocenters. The maximum absolute atomic E-state index is 10.2. The third-order valence-corrected chi connectivity index (χ3v) is 2.45. The summed E-state index contributed by atoms with van der Waals surface area (Å²) >= 11 is 5.99. The Balaban J connectivity index is 2.38. The van der Waals surface area contributed by atoms with Crippen LogP contribution in [0.4, 0.5) is 5.69 Å². The van der Waals surface area contributed by atoms with Crippen molar-refractivity contribution in [2.24, 2.45) is 0 Å². The summed E-state index contributed by atoms with van der Waals surface area (Å²) in [6, 6.07) is 3.58. The van der Waals surface area contributed by atoms with Crippen molar-refractivity contribution in [3.8, 4) is 0 Å². The van der Waals surface area contributed by atoms with E-state index in [2.05, 4.69) is 10.3 Å². The van der Waals surface area contributed by atoms with Gasteiger partial charge >= 0.3 is 5.97 Å². The lowest BCUT2D eigenvalue weighted by atomic mass is 10.4. The molecule has 0 radical (unpaired) electrons. The molecule has 0 aliphatic heterocycles. The fourth-order valence-electron chi connectivity index (χ4n) is 0.718. The number of carboxylic acids is 1. The Labute approximate surface area is 90.7 Å². The molecule has 1 aromatic heterocycles. The van der Waals surface area contributed by atoms with Crippen LogP contribution in [-0.2, 0) is 4.79 Å². The van der Waals surface area contributed by atoms with Crippen molar-refractivity contribution < 1.29 is 9.90 Å². The number of pyridine rings is 1. The lowest BCUT2D eigenvalue weighted by molar-refractivity contribution is -0.133. The average molecular weight is 228 g/mol. The van der Waals surface area contributed by atoms with E-state index in [4.69, 9.17) is 17.3 Å². The van der Waals surface area contributed by atoms with E-state index in [1.54, 1.807) is 24.5 Å². The smallest absolute Gasteiger partial charge is 0.313 e. The molecule has 4 nitrogen and oxygen atoms in total. The van der Waals surface area contributed by atoms with E-state index in [1.807, 2.05) is 0 Å². The lowest BCUT2D eigenvalue weighted by Gasteiger charge is -2.04. The molecule has 0 amide bonds. The van der Waals surface area contributed by atoms with Gasteiger partial charge in [-0.2, -0.15) is 0 Å². The van der Waals surface area contributed by atoms with E-state index in [-0.39, 0.29) is 5.75 Å². The Morgan fingerprint density at radius 2 is 2.50 bits per heavy atom. The molecular weight excluding hydrogens is 220 g/mol. The van der Waals surface area contributed by atoms with E-state index < -0.39 is 5.97 Å². The summed E-state index contributed by atoms with van der Waals surface area (Å²) in [4.78, 5) is 14.1. The first-order valence-corrected chi connectivity index (χ1v) is 5.13. The minimum atomic E-state index is -0.884. The van der Waals surface area contributed by atoms with E-state index in [1.165, 1.54) is 0 Å². The standard InChI is InChI=1S/C8H8N2O2S2/c11-7(12)5-14-8(13)10-6-2-1-3-9-4-6/h1-4H,5H2,(H,10,13)(H,11,12). The SMILES string of the molecule is O=C(O)CSC(=S)Nc1cccnc1. The molecule has 0 spiro atoms. The minimum Gasteiger partial charge on any atom is -0.481 e. The second-order valence-corrected chi connectivity index (χ2v) is 3.99. The number of anilines is 1. The molecule has 0 aromatic carbocycles. The molecular formula is C8H8N2O2S2. The van der Waals surface area contributed by atoms with Crippen LogP contribution in [0.25, 0.3) is 0 Å². The number of hydrogen-bond donors (Lipinski definition) is 2. The third kappa shape index (κ3) is 4.20. The highest BCUT2D eigenvalue weighted by atomic mass is 32.2. The highest BCUT2D eigenvalue weighted by Gasteiger charge is 2.02. The molecule has 14 heavy (non-hydrogen) atoms. The summed E-state index contributed by atoms with van der Waals surface area (Å²) < 4.78 is 0.431. The van der Waals surface area contributed by atoms with Crippen LogP contribution in [0.3, 0.4) is 0 Å². The highest BCUT2D eigenvalue weighted by Crippen LogP contribution is 2.09. The Hall–Kier alpha value is -1.14. The first-order valence-electron chi connectivity index (χ1n) is 3.74. The number of hydrogen-bond acceptors (Lipinski definition) is 4. The number of thiocarbonyl (C=S) groups is 1. The van der Waals surface area contributed by atoms with Crippen LogP contribution in [0.15, 0.2) is 24.5 Å². The molecule has 0 saturated heterocycles. The third-order valence-electron chi connectivity index (χ3n) is 1.23. The first-order chi connectivity index (χ1) is 6.68. The maximum atomic E-state index is 10.2. The first kappa shape index (κ1) is 10.9. The van der Waals surface area contributed by atoms with E-state index >= 15 is 0 Å². The molecule has 1 rings (SSSR count). The molecule has 6 heteroatoms. The number of thioether (sulfide) groups is 1. The van der Waals surface area contributed by atoms with Gasteiger partial charge in [0.1, 0.15) is 4.32 Å². The fourth-order valence-corrected chi connectivity index (χ4v) is 1.46. The quantitative estimate of drug-likeness (QED) is 0.766. The largest absolute Gasteiger partial charge is 0.481 e. The van der Waals surface area contributed by atoms with Gasteiger partial charge in [-0.15, -0.1) is 0 Å². The summed E-state index contributed by atoms with van der Waals surface area (Å²) in [6.07, 6.45) is 3.27. The summed E-state index contributed by atoms with van der Waals surface area (Å²) in [5.74, 6) is -0.920. The number of nitrogens with one attached hydrogen (secondary N) is 1. The molecule has 1 heterocycles. The molecule has 0 saturated carbocycles. The normalized spacial score (nSPS) is 9.43. The van der Waals surface area contributed by atoms with Gasteiger partial charge in [0.2, 0.25) is 0 Å². The van der Waals surface area contributed by atoms with Gasteiger partial charge in [-0.05, 0) is 12.1 Å². The number of carbonyl (C=O) groups is 1. The molecule has 1 aromatic rings. The maximum Gasteiger partial charge on any atom is 0.313 e. The minimum absolute atomic E-state index is 0.0356. The molecule has 0 aliphatic rings. The van der Waals surface area contributed by atoms with Crippen LogP contribution in [0, 0.1) is 0 Å². The molecule has 0 unspecified atom stereocenters. The summed E-state index contributed by atoms with van der Waals surface area (Å²) in [5.41, 5.74) is 0.760. The number of carboxylic acid groups (broad SMARTS) is 1. The number of aliphatic carboxylic acids is 1. The predicted octanol–water partition coefficient (Wildman–Crippen LogP) is 1.60. The van der Waals surface area contributed by atoms with Gasteiger partial charge in [0.15, 0.2) is 0 Å². The van der Waals surface area contributed by atoms with Gasteiger partial charge in [-0.3, -0.25) is 9.78 Å². The molecule has 2 N–H and O–H groups in total. The Kier molecular flexibility index (Phi) is 4.34. The monoisotopic (exact) mass is 228 g/mol. The Morgan fingerprint density at radius 3 is 3.07 bits per heavy atom. The van der Waals surface area contributed by atoms with Crippen LogP contribution in [0.2, 0.25) is 0 Å². The van der Waals surface area contributed by atoms with E-state index in [0.29, 0.717) is 4.32 Å². The van der Waals surface area contributed by atoms with Crippen molar-refractivity contribution in [1.29, 1.82) is 0 Å². The fraction of sp³-hybridized carbons (Fsp3) is 0.125. The lowest BCUT2D eigenvalue weighted by Crippen LogP contribution is -2.08. The van der Waals surface area contributed by atoms with Gasteiger partial charge in [0.05, 0.1) is 17.6 Å². The second kappa shape index (κ2) is 5.56. The van der Waals surface area contributed by atoms with Gasteiger partial charge in [0.25, 0.3) is 0 Å². The van der Waals surface area contributed by atoms with Gasteiger partial charge in [-0.25, -0.2) is 0 Å². The van der Waals surface area contributed by atoms with Crippen LogP contribution < -0.4 is 5.32 Å². The summed E-state index contributed by atoms with van der Waals surface area (Å²) in [6.45, 7) is 0. The topological polar surface area (TPSA) is 62.2 Å². The molecule has 0 aliphatic carbocycles. The van der Waals surface area contributed by atoms with Crippen LogP contribution in [0.5, 0.6) is 0 Å². The Morgan fingerprint density at radius 1 is 1.71 bits per heavy atom. The number of rotatable bonds is 3. The van der Waals surface area contributed by atoms with Crippen molar-refractivity contribution in [3.05, 3.63) is 24.5 Å². The number of nitrogens with zero attached hydrogens (tertiary/aromatic N) is 1. The zero-order valence-electron chi connectivity index (χ0n) is 7.14. The van der Waals surface area contributed by atoms with E-state index in [9.17, 15) is 4.79 Å². The van der Waals surface area contributed by atoms with Crippen LogP contribution >= 0.6 is 24.0 Å². The van der Waals surface area contributed by atoms with E-state index in [0.717, 1.165) is 17.4 Å². The van der Waals surface area contributed by atoms with Crippen LogP contribution in [-0.4, -0.2) is 26.1 Å².